The fourth-order valence-electron chi connectivity index (χ4n) is 2.17. The van der Waals surface area contributed by atoms with Crippen LogP contribution in [0.1, 0.15) is 22.7 Å². The van der Waals surface area contributed by atoms with Crippen LogP contribution in [0.5, 0.6) is 0 Å². The van der Waals surface area contributed by atoms with E-state index in [1.165, 1.54) is 16.7 Å². The number of thioether (sulfide) groups is 1. The SMILES string of the molecule is c1ccc2c(c1)CSCC2NCc1cn[nH]c1. The van der Waals surface area contributed by atoms with Crippen molar-refractivity contribution in [1.82, 2.24) is 15.5 Å². The third-order valence-corrected chi connectivity index (χ3v) is 4.16. The highest BCUT2D eigenvalue weighted by atomic mass is 32.2. The Kier molecular flexibility index (Phi) is 3.16. The van der Waals surface area contributed by atoms with Gasteiger partial charge >= 0.3 is 0 Å². The lowest BCUT2D eigenvalue weighted by Crippen LogP contribution is -2.26. The van der Waals surface area contributed by atoms with Crippen LogP contribution in [-0.4, -0.2) is 16.0 Å². The Balaban J connectivity index is 1.72. The number of fused-ring (bicyclic) bond motifs is 1. The first-order valence-electron chi connectivity index (χ1n) is 5.80. The summed E-state index contributed by atoms with van der Waals surface area (Å²) in [5, 5.41) is 10.4. The molecule has 0 aliphatic carbocycles. The molecule has 0 saturated heterocycles. The molecule has 0 fully saturated rings. The molecule has 1 aromatic heterocycles. The first kappa shape index (κ1) is 10.9. The number of hydrogen-bond donors (Lipinski definition) is 2. The fourth-order valence-corrected chi connectivity index (χ4v) is 3.30. The first-order chi connectivity index (χ1) is 8.43. The maximum absolute atomic E-state index is 3.96. The highest BCUT2D eigenvalue weighted by Crippen LogP contribution is 2.31. The summed E-state index contributed by atoms with van der Waals surface area (Å²) < 4.78 is 0. The summed E-state index contributed by atoms with van der Waals surface area (Å²) in [7, 11) is 0. The van der Waals surface area contributed by atoms with E-state index in [-0.39, 0.29) is 0 Å². The molecule has 0 bridgehead atoms. The lowest BCUT2D eigenvalue weighted by atomic mass is 10.0. The lowest BCUT2D eigenvalue weighted by Gasteiger charge is -2.25. The van der Waals surface area contributed by atoms with Gasteiger partial charge in [0.1, 0.15) is 0 Å². The van der Waals surface area contributed by atoms with Crippen molar-refractivity contribution in [1.29, 1.82) is 0 Å². The molecule has 3 nitrogen and oxygen atoms in total. The van der Waals surface area contributed by atoms with Gasteiger partial charge in [-0.25, -0.2) is 0 Å². The van der Waals surface area contributed by atoms with E-state index in [0.29, 0.717) is 6.04 Å². The number of nitrogens with zero attached hydrogens (tertiary/aromatic N) is 1. The van der Waals surface area contributed by atoms with Crippen LogP contribution in [0.4, 0.5) is 0 Å². The molecule has 1 aromatic carbocycles. The predicted octanol–water partition coefficient (Wildman–Crippen LogP) is 2.49. The molecular formula is C13H15N3S. The summed E-state index contributed by atoms with van der Waals surface area (Å²) in [5.41, 5.74) is 4.13. The summed E-state index contributed by atoms with van der Waals surface area (Å²) in [6.45, 7) is 0.871. The van der Waals surface area contributed by atoms with Crippen molar-refractivity contribution in [2.75, 3.05) is 5.75 Å². The number of rotatable bonds is 3. The van der Waals surface area contributed by atoms with Crippen molar-refractivity contribution in [2.24, 2.45) is 0 Å². The minimum Gasteiger partial charge on any atom is -0.305 e. The van der Waals surface area contributed by atoms with Gasteiger partial charge in [0.15, 0.2) is 0 Å². The van der Waals surface area contributed by atoms with Gasteiger partial charge in [-0.15, -0.1) is 0 Å². The molecule has 0 amide bonds. The molecule has 4 heteroatoms. The zero-order valence-electron chi connectivity index (χ0n) is 9.52. The second-order valence-corrected chi connectivity index (χ2v) is 5.28. The van der Waals surface area contributed by atoms with E-state index in [9.17, 15) is 0 Å². The summed E-state index contributed by atoms with van der Waals surface area (Å²) >= 11 is 2.00. The number of aromatic amines is 1. The van der Waals surface area contributed by atoms with Crippen LogP contribution in [0.15, 0.2) is 36.7 Å². The van der Waals surface area contributed by atoms with Gasteiger partial charge in [-0.1, -0.05) is 24.3 Å². The predicted molar refractivity (Wildman–Crippen MR) is 70.8 cm³/mol. The average Bonchev–Trinajstić information content (AvgIpc) is 2.89. The zero-order chi connectivity index (χ0) is 11.5. The van der Waals surface area contributed by atoms with Crippen LogP contribution in [0.2, 0.25) is 0 Å². The van der Waals surface area contributed by atoms with E-state index in [4.69, 9.17) is 0 Å². The summed E-state index contributed by atoms with van der Waals surface area (Å²) in [6, 6.07) is 9.18. The minimum atomic E-state index is 0.458. The van der Waals surface area contributed by atoms with Crippen LogP contribution >= 0.6 is 11.8 Å². The van der Waals surface area contributed by atoms with Crippen molar-refractivity contribution in [3.05, 3.63) is 53.3 Å². The number of hydrogen-bond acceptors (Lipinski definition) is 3. The Hall–Kier alpha value is -1.26. The summed E-state index contributed by atoms with van der Waals surface area (Å²) in [6.07, 6.45) is 3.81. The molecule has 1 unspecified atom stereocenters. The number of nitrogens with one attached hydrogen (secondary N) is 2. The lowest BCUT2D eigenvalue weighted by molar-refractivity contribution is 0.575. The molecular weight excluding hydrogens is 230 g/mol. The Morgan fingerprint density at radius 1 is 1.41 bits per heavy atom. The van der Waals surface area contributed by atoms with E-state index in [1.807, 2.05) is 24.2 Å². The molecule has 2 N–H and O–H groups in total. The fraction of sp³-hybridized carbons (Fsp3) is 0.308. The topological polar surface area (TPSA) is 40.7 Å². The molecule has 2 aromatic rings. The third kappa shape index (κ3) is 2.37. The first-order valence-corrected chi connectivity index (χ1v) is 6.95. The van der Waals surface area contributed by atoms with Crippen molar-refractivity contribution in [2.45, 2.75) is 18.3 Å². The summed E-state index contributed by atoms with van der Waals surface area (Å²) in [5.74, 6) is 2.29. The Labute approximate surface area is 105 Å². The second kappa shape index (κ2) is 4.94. The van der Waals surface area contributed by atoms with Crippen LogP contribution < -0.4 is 5.32 Å². The number of benzene rings is 1. The largest absolute Gasteiger partial charge is 0.305 e. The summed E-state index contributed by atoms with van der Waals surface area (Å²) in [4.78, 5) is 0. The smallest absolute Gasteiger partial charge is 0.0532 e. The van der Waals surface area contributed by atoms with Gasteiger partial charge in [-0.3, -0.25) is 5.10 Å². The van der Waals surface area contributed by atoms with Gasteiger partial charge in [0.25, 0.3) is 0 Å². The van der Waals surface area contributed by atoms with Crippen LogP contribution in [0, 0.1) is 0 Å². The quantitative estimate of drug-likeness (QED) is 0.873. The average molecular weight is 245 g/mol. The molecule has 88 valence electrons. The molecule has 17 heavy (non-hydrogen) atoms. The molecule has 0 saturated carbocycles. The molecule has 3 rings (SSSR count). The highest BCUT2D eigenvalue weighted by molar-refractivity contribution is 7.98. The van der Waals surface area contributed by atoms with E-state index in [0.717, 1.165) is 18.1 Å². The minimum absolute atomic E-state index is 0.458. The Morgan fingerprint density at radius 2 is 2.35 bits per heavy atom. The standard InChI is InChI=1S/C13H15N3S/c1-2-4-12-11(3-1)8-17-9-13(12)14-5-10-6-15-16-7-10/h1-4,6-7,13-14H,5,8-9H2,(H,15,16). The van der Waals surface area contributed by atoms with Crippen molar-refractivity contribution >= 4 is 11.8 Å². The van der Waals surface area contributed by atoms with Crippen LogP contribution in [-0.2, 0) is 12.3 Å². The second-order valence-electron chi connectivity index (χ2n) is 4.25. The molecule has 1 atom stereocenters. The van der Waals surface area contributed by atoms with Gasteiger partial charge in [-0.2, -0.15) is 16.9 Å². The maximum atomic E-state index is 3.96. The maximum Gasteiger partial charge on any atom is 0.0532 e. The molecule has 1 aliphatic heterocycles. The molecule has 0 spiro atoms. The third-order valence-electron chi connectivity index (χ3n) is 3.08. The van der Waals surface area contributed by atoms with Gasteiger partial charge in [0, 0.05) is 35.9 Å². The van der Waals surface area contributed by atoms with Gasteiger partial charge in [-0.05, 0) is 11.1 Å². The molecule has 2 heterocycles. The highest BCUT2D eigenvalue weighted by Gasteiger charge is 2.19. The molecule has 0 radical (unpaired) electrons. The van der Waals surface area contributed by atoms with Crippen LogP contribution in [0.3, 0.4) is 0 Å². The Morgan fingerprint density at radius 3 is 3.24 bits per heavy atom. The van der Waals surface area contributed by atoms with Crippen LogP contribution in [0.25, 0.3) is 0 Å². The van der Waals surface area contributed by atoms with E-state index in [2.05, 4.69) is 39.8 Å². The van der Waals surface area contributed by atoms with E-state index >= 15 is 0 Å². The van der Waals surface area contributed by atoms with Crippen molar-refractivity contribution in [3.63, 3.8) is 0 Å². The zero-order valence-corrected chi connectivity index (χ0v) is 10.3. The monoisotopic (exact) mass is 245 g/mol. The van der Waals surface area contributed by atoms with Crippen molar-refractivity contribution < 1.29 is 0 Å². The molecule has 1 aliphatic rings. The van der Waals surface area contributed by atoms with Gasteiger partial charge < -0.3 is 5.32 Å². The Bertz CT molecular complexity index is 481. The van der Waals surface area contributed by atoms with Gasteiger partial charge in [0.2, 0.25) is 0 Å². The van der Waals surface area contributed by atoms with Gasteiger partial charge in [0.05, 0.1) is 6.20 Å². The number of aromatic nitrogens is 2. The van der Waals surface area contributed by atoms with E-state index < -0.39 is 0 Å². The number of H-pyrrole nitrogens is 1. The normalized spacial score (nSPS) is 18.9. The van der Waals surface area contributed by atoms with Crippen molar-refractivity contribution in [3.8, 4) is 0 Å². The van der Waals surface area contributed by atoms with E-state index in [1.54, 1.807) is 0 Å².